The molecule has 82 valence electrons. The second kappa shape index (κ2) is 5.49. The molecule has 0 aliphatic heterocycles. The molecule has 1 atom stereocenters. The van der Waals surface area contributed by atoms with Crippen LogP contribution in [0.25, 0.3) is 0 Å². The number of halogens is 2. The molecule has 0 saturated heterocycles. The van der Waals surface area contributed by atoms with E-state index in [1.807, 2.05) is 0 Å². The first-order valence-corrected chi connectivity index (χ1v) is 7.35. The van der Waals surface area contributed by atoms with E-state index in [0.717, 1.165) is 12.3 Å². The van der Waals surface area contributed by atoms with Crippen LogP contribution >= 0.6 is 31.9 Å². The van der Waals surface area contributed by atoms with Gasteiger partial charge in [-0.25, -0.2) is 0 Å². The fraction of sp³-hybridized carbons (Fsp3) is 0.538. The number of rotatable bonds is 3. The van der Waals surface area contributed by atoms with Crippen molar-refractivity contribution >= 4 is 31.9 Å². The van der Waals surface area contributed by atoms with Gasteiger partial charge in [0.25, 0.3) is 0 Å². The first kappa shape index (κ1) is 11.7. The zero-order valence-electron chi connectivity index (χ0n) is 8.76. The van der Waals surface area contributed by atoms with Crippen LogP contribution in [0.1, 0.15) is 31.2 Å². The van der Waals surface area contributed by atoms with Gasteiger partial charge in [0.05, 0.1) is 0 Å². The fourth-order valence-electron chi connectivity index (χ4n) is 2.33. The summed E-state index contributed by atoms with van der Waals surface area (Å²) in [5.74, 6) is 0.897. The van der Waals surface area contributed by atoms with E-state index in [4.69, 9.17) is 0 Å². The molecule has 15 heavy (non-hydrogen) atoms. The van der Waals surface area contributed by atoms with Crippen LogP contribution in [-0.2, 0) is 6.42 Å². The molecule has 2 rings (SSSR count). The molecule has 0 nitrogen and oxygen atoms in total. The average Bonchev–Trinajstić information content (AvgIpc) is 2.74. The third kappa shape index (κ3) is 3.32. The molecule has 2 heteroatoms. The van der Waals surface area contributed by atoms with Crippen LogP contribution in [0, 0.1) is 5.92 Å². The predicted octanol–water partition coefficient (Wildman–Crippen LogP) is 4.95. The zero-order chi connectivity index (χ0) is 10.7. The summed E-state index contributed by atoms with van der Waals surface area (Å²) < 4.78 is 1.17. The maximum Gasteiger partial charge on any atom is 0.0214 e. The molecule has 1 aliphatic rings. The highest BCUT2D eigenvalue weighted by Gasteiger charge is 2.22. The lowest BCUT2D eigenvalue weighted by molar-refractivity contribution is 0.525. The smallest absolute Gasteiger partial charge is 0.0214 e. The maximum atomic E-state index is 3.85. The van der Waals surface area contributed by atoms with Gasteiger partial charge in [0, 0.05) is 9.30 Å². The van der Waals surface area contributed by atoms with E-state index >= 15 is 0 Å². The molecule has 1 saturated carbocycles. The third-order valence-corrected chi connectivity index (χ3v) is 4.86. The summed E-state index contributed by atoms with van der Waals surface area (Å²) in [4.78, 5) is 0.668. The number of hydrogen-bond acceptors (Lipinski definition) is 0. The fourth-order valence-corrected chi connectivity index (χ4v) is 3.50. The van der Waals surface area contributed by atoms with Gasteiger partial charge in [0.2, 0.25) is 0 Å². The first-order valence-electron chi connectivity index (χ1n) is 5.64. The van der Waals surface area contributed by atoms with Crippen molar-refractivity contribution in [2.24, 2.45) is 5.92 Å². The number of alkyl halides is 1. The van der Waals surface area contributed by atoms with Crippen molar-refractivity contribution < 1.29 is 0 Å². The molecule has 0 amide bonds. The number of hydrogen-bond donors (Lipinski definition) is 0. The summed E-state index contributed by atoms with van der Waals surface area (Å²) >= 11 is 7.31. The summed E-state index contributed by atoms with van der Waals surface area (Å²) in [5, 5.41) is 0. The van der Waals surface area contributed by atoms with Crippen LogP contribution in [-0.4, -0.2) is 4.83 Å². The Morgan fingerprint density at radius 3 is 2.33 bits per heavy atom. The Morgan fingerprint density at radius 1 is 1.13 bits per heavy atom. The Labute approximate surface area is 109 Å². The Balaban J connectivity index is 1.92. The van der Waals surface area contributed by atoms with E-state index in [2.05, 4.69) is 56.1 Å². The van der Waals surface area contributed by atoms with Crippen LogP contribution in [0.5, 0.6) is 0 Å². The van der Waals surface area contributed by atoms with Crippen LogP contribution in [0.3, 0.4) is 0 Å². The Bertz CT molecular complexity index is 299. The van der Waals surface area contributed by atoms with Crippen molar-refractivity contribution in [2.75, 3.05) is 0 Å². The minimum absolute atomic E-state index is 0.668. The van der Waals surface area contributed by atoms with Gasteiger partial charge in [-0.2, -0.15) is 0 Å². The Morgan fingerprint density at radius 2 is 1.73 bits per heavy atom. The minimum Gasteiger partial charge on any atom is -0.0884 e. The molecule has 0 aromatic heterocycles. The summed E-state index contributed by atoms with van der Waals surface area (Å²) in [6.07, 6.45) is 6.83. The van der Waals surface area contributed by atoms with Crippen molar-refractivity contribution in [1.82, 2.24) is 0 Å². The molecule has 0 bridgehead atoms. The minimum atomic E-state index is 0.668. The number of benzene rings is 1. The summed E-state index contributed by atoms with van der Waals surface area (Å²) in [6, 6.07) is 8.69. The molecule has 1 unspecified atom stereocenters. The Hall–Kier alpha value is 0.180. The van der Waals surface area contributed by atoms with Crippen molar-refractivity contribution in [1.29, 1.82) is 0 Å². The van der Waals surface area contributed by atoms with Gasteiger partial charge < -0.3 is 0 Å². The summed E-state index contributed by atoms with van der Waals surface area (Å²) in [6.45, 7) is 0. The molecular formula is C13H16Br2. The largest absolute Gasteiger partial charge is 0.0884 e. The highest BCUT2D eigenvalue weighted by Crippen LogP contribution is 2.33. The van der Waals surface area contributed by atoms with Crippen LogP contribution in [0.2, 0.25) is 0 Å². The Kier molecular flexibility index (Phi) is 4.27. The topological polar surface area (TPSA) is 0 Å². The van der Waals surface area contributed by atoms with Crippen LogP contribution < -0.4 is 0 Å². The second-order valence-electron chi connectivity index (χ2n) is 4.39. The zero-order valence-corrected chi connectivity index (χ0v) is 11.9. The first-order chi connectivity index (χ1) is 7.25. The van der Waals surface area contributed by atoms with E-state index in [1.165, 1.54) is 35.7 Å². The second-order valence-corrected chi connectivity index (χ2v) is 6.48. The maximum absolute atomic E-state index is 3.85. The van der Waals surface area contributed by atoms with E-state index in [9.17, 15) is 0 Å². The molecule has 0 radical (unpaired) electrons. The highest BCUT2D eigenvalue weighted by molar-refractivity contribution is 9.10. The molecule has 1 aromatic rings. The van der Waals surface area contributed by atoms with Gasteiger partial charge >= 0.3 is 0 Å². The molecular weight excluding hydrogens is 316 g/mol. The predicted molar refractivity (Wildman–Crippen MR) is 72.5 cm³/mol. The van der Waals surface area contributed by atoms with Gasteiger partial charge in [-0.3, -0.25) is 0 Å². The normalized spacial score (nSPS) is 19.3. The van der Waals surface area contributed by atoms with Gasteiger partial charge in [0.1, 0.15) is 0 Å². The molecule has 0 N–H and O–H groups in total. The summed E-state index contributed by atoms with van der Waals surface area (Å²) in [5.41, 5.74) is 1.44. The molecule has 1 fully saturated rings. The van der Waals surface area contributed by atoms with Crippen LogP contribution in [0.15, 0.2) is 28.7 Å². The van der Waals surface area contributed by atoms with E-state index < -0.39 is 0 Å². The molecule has 1 aromatic carbocycles. The monoisotopic (exact) mass is 330 g/mol. The lowest BCUT2D eigenvalue weighted by Gasteiger charge is -2.16. The quantitative estimate of drug-likeness (QED) is 0.688. The van der Waals surface area contributed by atoms with Gasteiger partial charge in [-0.15, -0.1) is 0 Å². The van der Waals surface area contributed by atoms with Gasteiger partial charge in [-0.1, -0.05) is 56.8 Å². The SMILES string of the molecule is Brc1ccc(CC(Br)C2CCCC2)cc1. The van der Waals surface area contributed by atoms with Crippen LogP contribution in [0.4, 0.5) is 0 Å². The van der Waals surface area contributed by atoms with Gasteiger partial charge in [0.15, 0.2) is 0 Å². The van der Waals surface area contributed by atoms with Gasteiger partial charge in [-0.05, 0) is 42.9 Å². The average molecular weight is 332 g/mol. The lowest BCUT2D eigenvalue weighted by Crippen LogP contribution is -2.13. The van der Waals surface area contributed by atoms with E-state index in [-0.39, 0.29) is 0 Å². The highest BCUT2D eigenvalue weighted by atomic mass is 79.9. The molecule has 1 aliphatic carbocycles. The van der Waals surface area contributed by atoms with Crippen molar-refractivity contribution in [3.8, 4) is 0 Å². The third-order valence-electron chi connectivity index (χ3n) is 3.26. The summed E-state index contributed by atoms with van der Waals surface area (Å²) in [7, 11) is 0. The van der Waals surface area contributed by atoms with E-state index in [1.54, 1.807) is 0 Å². The lowest BCUT2D eigenvalue weighted by atomic mass is 9.98. The van der Waals surface area contributed by atoms with E-state index in [0.29, 0.717) is 4.83 Å². The molecule has 0 spiro atoms. The van der Waals surface area contributed by atoms with Crippen molar-refractivity contribution in [3.05, 3.63) is 34.3 Å². The standard InChI is InChI=1S/C13H16Br2/c14-12-7-5-10(6-8-12)9-13(15)11-3-1-2-4-11/h5-8,11,13H,1-4,9H2. The molecule has 0 heterocycles. The van der Waals surface area contributed by atoms with Crippen molar-refractivity contribution in [2.45, 2.75) is 36.9 Å². The van der Waals surface area contributed by atoms with Crippen molar-refractivity contribution in [3.63, 3.8) is 0 Å².